The van der Waals surface area contributed by atoms with E-state index in [4.69, 9.17) is 0 Å². The lowest BCUT2D eigenvalue weighted by atomic mass is 10.2. The molecule has 1 saturated carbocycles. The minimum Gasteiger partial charge on any atom is -0.309 e. The molecule has 1 aliphatic carbocycles. The maximum Gasteiger partial charge on any atom is 0.0302 e. The Morgan fingerprint density at radius 2 is 2.13 bits per heavy atom. The summed E-state index contributed by atoms with van der Waals surface area (Å²) in [4.78, 5) is 3.00. The lowest BCUT2D eigenvalue weighted by molar-refractivity contribution is 0.602. The minimum atomic E-state index is 0.817. The zero-order valence-corrected chi connectivity index (χ0v) is 10.6. The van der Waals surface area contributed by atoms with E-state index in [9.17, 15) is 0 Å². The number of hydrogen-bond acceptors (Lipinski definition) is 2. The molecule has 1 aromatic rings. The van der Waals surface area contributed by atoms with E-state index in [1.54, 1.807) is 0 Å². The largest absolute Gasteiger partial charge is 0.309 e. The molecule has 0 bridgehead atoms. The predicted molar refractivity (Wildman–Crippen MR) is 67.3 cm³/mol. The predicted octanol–water partition coefficient (Wildman–Crippen LogP) is 3.59. The Kier molecular flexibility index (Phi) is 3.81. The van der Waals surface area contributed by atoms with Crippen LogP contribution in [0.25, 0.3) is 0 Å². The first kappa shape index (κ1) is 11.2. The van der Waals surface area contributed by atoms with Crippen molar-refractivity contribution in [2.75, 3.05) is 0 Å². The molecule has 1 N–H and O–H groups in total. The SMILES string of the molecule is CCCC1CC1NCc1ccc(CC)s1. The first-order valence-electron chi connectivity index (χ1n) is 6.14. The van der Waals surface area contributed by atoms with E-state index in [2.05, 4.69) is 31.3 Å². The fourth-order valence-corrected chi connectivity index (χ4v) is 3.04. The van der Waals surface area contributed by atoms with Crippen LogP contribution in [0, 0.1) is 5.92 Å². The van der Waals surface area contributed by atoms with Crippen LogP contribution in [-0.2, 0) is 13.0 Å². The van der Waals surface area contributed by atoms with Gasteiger partial charge in [0.1, 0.15) is 0 Å². The van der Waals surface area contributed by atoms with Gasteiger partial charge < -0.3 is 5.32 Å². The highest BCUT2D eigenvalue weighted by Gasteiger charge is 2.35. The van der Waals surface area contributed by atoms with Crippen molar-refractivity contribution >= 4 is 11.3 Å². The average Bonchev–Trinajstić information content (AvgIpc) is 2.82. The van der Waals surface area contributed by atoms with Crippen molar-refractivity contribution in [3.63, 3.8) is 0 Å². The molecule has 1 nitrogen and oxygen atoms in total. The van der Waals surface area contributed by atoms with Crippen LogP contribution in [0.5, 0.6) is 0 Å². The summed E-state index contributed by atoms with van der Waals surface area (Å²) >= 11 is 1.95. The Morgan fingerprint density at radius 1 is 1.33 bits per heavy atom. The van der Waals surface area contributed by atoms with Gasteiger partial charge in [-0.25, -0.2) is 0 Å². The summed E-state index contributed by atoms with van der Waals surface area (Å²) < 4.78 is 0. The fourth-order valence-electron chi connectivity index (χ4n) is 2.13. The van der Waals surface area contributed by atoms with Crippen molar-refractivity contribution in [1.82, 2.24) is 5.32 Å². The van der Waals surface area contributed by atoms with Gasteiger partial charge in [-0.15, -0.1) is 11.3 Å². The van der Waals surface area contributed by atoms with E-state index in [0.29, 0.717) is 0 Å². The third-order valence-corrected chi connectivity index (χ3v) is 4.42. The molecule has 0 spiro atoms. The van der Waals surface area contributed by atoms with E-state index in [-0.39, 0.29) is 0 Å². The van der Waals surface area contributed by atoms with Gasteiger partial charge in [0, 0.05) is 22.3 Å². The third kappa shape index (κ3) is 3.05. The zero-order valence-electron chi connectivity index (χ0n) is 9.75. The number of nitrogens with one attached hydrogen (secondary N) is 1. The van der Waals surface area contributed by atoms with E-state index in [1.807, 2.05) is 11.3 Å². The van der Waals surface area contributed by atoms with Crippen molar-refractivity contribution in [3.05, 3.63) is 21.9 Å². The molecule has 1 aromatic heterocycles. The minimum absolute atomic E-state index is 0.817. The monoisotopic (exact) mass is 223 g/mol. The van der Waals surface area contributed by atoms with Crippen molar-refractivity contribution in [2.24, 2.45) is 5.92 Å². The van der Waals surface area contributed by atoms with E-state index >= 15 is 0 Å². The summed E-state index contributed by atoms with van der Waals surface area (Å²) in [5.41, 5.74) is 0. The second-order valence-electron chi connectivity index (χ2n) is 4.49. The Morgan fingerprint density at radius 3 is 2.80 bits per heavy atom. The van der Waals surface area contributed by atoms with Gasteiger partial charge in [-0.1, -0.05) is 20.3 Å². The van der Waals surface area contributed by atoms with Gasteiger partial charge in [-0.3, -0.25) is 0 Å². The molecule has 0 amide bonds. The molecule has 1 fully saturated rings. The molecule has 2 rings (SSSR count). The molecule has 15 heavy (non-hydrogen) atoms. The van der Waals surface area contributed by atoms with Crippen molar-refractivity contribution in [2.45, 2.75) is 52.1 Å². The van der Waals surface area contributed by atoms with E-state index < -0.39 is 0 Å². The molecule has 2 heteroatoms. The lowest BCUT2D eigenvalue weighted by Crippen LogP contribution is -2.16. The molecule has 1 aliphatic rings. The Balaban J connectivity index is 1.70. The molecule has 84 valence electrons. The Bertz CT molecular complexity index is 305. The van der Waals surface area contributed by atoms with E-state index in [0.717, 1.165) is 18.5 Å². The molecule has 2 unspecified atom stereocenters. The van der Waals surface area contributed by atoms with Crippen LogP contribution in [0.3, 0.4) is 0 Å². The van der Waals surface area contributed by atoms with Crippen LogP contribution >= 0.6 is 11.3 Å². The second-order valence-corrected chi connectivity index (χ2v) is 5.75. The number of thiophene rings is 1. The lowest BCUT2D eigenvalue weighted by Gasteiger charge is -2.01. The maximum atomic E-state index is 3.66. The highest BCUT2D eigenvalue weighted by atomic mass is 32.1. The topological polar surface area (TPSA) is 12.0 Å². The van der Waals surface area contributed by atoms with Gasteiger partial charge in [-0.05, 0) is 37.3 Å². The number of aryl methyl sites for hydroxylation is 1. The molecule has 2 atom stereocenters. The van der Waals surface area contributed by atoms with Gasteiger partial charge in [0.2, 0.25) is 0 Å². The highest BCUT2D eigenvalue weighted by molar-refractivity contribution is 7.11. The van der Waals surface area contributed by atoms with E-state index in [1.165, 1.54) is 35.4 Å². The molecule has 0 radical (unpaired) electrons. The van der Waals surface area contributed by atoms with Gasteiger partial charge in [0.25, 0.3) is 0 Å². The molecular weight excluding hydrogens is 202 g/mol. The Labute approximate surface area is 96.9 Å². The van der Waals surface area contributed by atoms with Gasteiger partial charge in [0.15, 0.2) is 0 Å². The quantitative estimate of drug-likeness (QED) is 0.777. The molecule has 1 heterocycles. The second kappa shape index (κ2) is 5.13. The summed E-state index contributed by atoms with van der Waals surface area (Å²) in [6.07, 6.45) is 5.32. The highest BCUT2D eigenvalue weighted by Crippen LogP contribution is 2.34. The van der Waals surface area contributed by atoms with Crippen molar-refractivity contribution < 1.29 is 0 Å². The van der Waals surface area contributed by atoms with Crippen LogP contribution in [0.15, 0.2) is 12.1 Å². The summed E-state index contributed by atoms with van der Waals surface area (Å²) in [6, 6.07) is 5.35. The summed E-state index contributed by atoms with van der Waals surface area (Å²) in [7, 11) is 0. The number of hydrogen-bond donors (Lipinski definition) is 1. The average molecular weight is 223 g/mol. The summed E-state index contributed by atoms with van der Waals surface area (Å²) in [5.74, 6) is 0.973. The molecule has 0 aliphatic heterocycles. The first-order valence-corrected chi connectivity index (χ1v) is 6.96. The van der Waals surface area contributed by atoms with Crippen LogP contribution < -0.4 is 5.32 Å². The Hall–Kier alpha value is -0.340. The maximum absolute atomic E-state index is 3.66. The van der Waals surface area contributed by atoms with Gasteiger partial charge >= 0.3 is 0 Å². The van der Waals surface area contributed by atoms with Crippen molar-refractivity contribution in [3.8, 4) is 0 Å². The molecule has 0 aromatic carbocycles. The summed E-state index contributed by atoms with van der Waals surface area (Å²) in [5, 5.41) is 3.66. The molecular formula is C13H21NS. The van der Waals surface area contributed by atoms with Gasteiger partial charge in [-0.2, -0.15) is 0 Å². The molecule has 0 saturated heterocycles. The van der Waals surface area contributed by atoms with Crippen molar-refractivity contribution in [1.29, 1.82) is 0 Å². The van der Waals surface area contributed by atoms with Gasteiger partial charge in [0.05, 0.1) is 0 Å². The number of rotatable bonds is 6. The first-order chi connectivity index (χ1) is 7.33. The van der Waals surface area contributed by atoms with Crippen LogP contribution in [0.2, 0.25) is 0 Å². The third-order valence-electron chi connectivity index (χ3n) is 3.19. The summed E-state index contributed by atoms with van der Waals surface area (Å²) in [6.45, 7) is 5.58. The standard InChI is InChI=1S/C13H21NS/c1-3-5-10-8-13(10)14-9-12-7-6-11(4-2)15-12/h6-7,10,13-14H,3-5,8-9H2,1-2H3. The van der Waals surface area contributed by atoms with Crippen LogP contribution in [-0.4, -0.2) is 6.04 Å². The fraction of sp³-hybridized carbons (Fsp3) is 0.692. The zero-order chi connectivity index (χ0) is 10.7. The smallest absolute Gasteiger partial charge is 0.0302 e. The van der Waals surface area contributed by atoms with Crippen LogP contribution in [0.4, 0.5) is 0 Å². The normalized spacial score (nSPS) is 24.4. The van der Waals surface area contributed by atoms with Crippen LogP contribution in [0.1, 0.15) is 42.9 Å².